The SMILES string of the molecule is COc1ccc(-n2nnnc2CNC(C)(C)C)cc1Cl. The van der Waals surface area contributed by atoms with Gasteiger partial charge in [-0.05, 0) is 49.4 Å². The van der Waals surface area contributed by atoms with Crippen LogP contribution in [0.3, 0.4) is 0 Å². The molecule has 0 aliphatic carbocycles. The molecule has 0 saturated carbocycles. The molecule has 1 N–H and O–H groups in total. The smallest absolute Gasteiger partial charge is 0.170 e. The molecule has 0 fully saturated rings. The first-order valence-electron chi connectivity index (χ1n) is 6.27. The van der Waals surface area contributed by atoms with Gasteiger partial charge in [0.25, 0.3) is 0 Å². The zero-order valence-electron chi connectivity index (χ0n) is 12.0. The molecule has 1 heterocycles. The van der Waals surface area contributed by atoms with Crippen LogP contribution in [0.15, 0.2) is 18.2 Å². The number of nitrogens with one attached hydrogen (secondary N) is 1. The number of aromatic nitrogens is 4. The van der Waals surface area contributed by atoms with E-state index in [-0.39, 0.29) is 5.54 Å². The average Bonchev–Trinajstić information content (AvgIpc) is 2.83. The third kappa shape index (κ3) is 3.46. The standard InChI is InChI=1S/C13H18ClN5O/c1-13(2,3)15-8-12-16-17-18-19(12)9-5-6-11(20-4)10(14)7-9/h5-7,15H,8H2,1-4H3. The molecule has 1 aromatic heterocycles. The van der Waals surface area contributed by atoms with Gasteiger partial charge < -0.3 is 10.1 Å². The van der Waals surface area contributed by atoms with Crippen LogP contribution < -0.4 is 10.1 Å². The fourth-order valence-corrected chi connectivity index (χ4v) is 1.90. The van der Waals surface area contributed by atoms with Gasteiger partial charge in [-0.1, -0.05) is 11.6 Å². The highest BCUT2D eigenvalue weighted by atomic mass is 35.5. The van der Waals surface area contributed by atoms with Gasteiger partial charge in [0, 0.05) is 5.54 Å². The third-order valence-corrected chi connectivity index (χ3v) is 2.99. The molecule has 2 rings (SSSR count). The highest BCUT2D eigenvalue weighted by Crippen LogP contribution is 2.26. The van der Waals surface area contributed by atoms with Crippen LogP contribution in [-0.2, 0) is 6.54 Å². The summed E-state index contributed by atoms with van der Waals surface area (Å²) < 4.78 is 6.79. The van der Waals surface area contributed by atoms with E-state index >= 15 is 0 Å². The minimum Gasteiger partial charge on any atom is -0.495 e. The van der Waals surface area contributed by atoms with Crippen molar-refractivity contribution in [2.24, 2.45) is 0 Å². The predicted molar refractivity (Wildman–Crippen MR) is 77.3 cm³/mol. The van der Waals surface area contributed by atoms with Crippen molar-refractivity contribution in [2.75, 3.05) is 7.11 Å². The Hall–Kier alpha value is -1.66. The second-order valence-corrected chi connectivity index (χ2v) is 5.84. The van der Waals surface area contributed by atoms with Crippen LogP contribution in [0.25, 0.3) is 5.69 Å². The Bertz CT molecular complexity index is 591. The summed E-state index contributed by atoms with van der Waals surface area (Å²) in [7, 11) is 1.58. The van der Waals surface area contributed by atoms with Crippen molar-refractivity contribution in [3.8, 4) is 11.4 Å². The van der Waals surface area contributed by atoms with Crippen molar-refractivity contribution in [1.29, 1.82) is 0 Å². The van der Waals surface area contributed by atoms with Gasteiger partial charge in [0.1, 0.15) is 5.75 Å². The summed E-state index contributed by atoms with van der Waals surface area (Å²) in [5.74, 6) is 1.35. The van der Waals surface area contributed by atoms with E-state index in [9.17, 15) is 0 Å². The fourth-order valence-electron chi connectivity index (χ4n) is 1.65. The first-order chi connectivity index (χ1) is 9.40. The number of hydrogen-bond acceptors (Lipinski definition) is 5. The van der Waals surface area contributed by atoms with Crippen LogP contribution in [0.2, 0.25) is 5.02 Å². The molecule has 0 atom stereocenters. The van der Waals surface area contributed by atoms with Crippen LogP contribution in [0.1, 0.15) is 26.6 Å². The molecule has 108 valence electrons. The van der Waals surface area contributed by atoms with E-state index in [0.717, 1.165) is 11.5 Å². The summed E-state index contributed by atoms with van der Waals surface area (Å²) >= 11 is 6.13. The number of halogens is 1. The van der Waals surface area contributed by atoms with E-state index < -0.39 is 0 Å². The summed E-state index contributed by atoms with van der Waals surface area (Å²) in [6, 6.07) is 5.43. The molecule has 7 heteroatoms. The van der Waals surface area contributed by atoms with E-state index in [2.05, 4.69) is 41.6 Å². The fraction of sp³-hybridized carbons (Fsp3) is 0.462. The van der Waals surface area contributed by atoms with E-state index in [0.29, 0.717) is 17.3 Å². The maximum atomic E-state index is 6.13. The summed E-state index contributed by atoms with van der Waals surface area (Å²) in [5, 5.41) is 15.6. The molecule has 0 radical (unpaired) electrons. The van der Waals surface area contributed by atoms with Gasteiger partial charge in [-0.25, -0.2) is 0 Å². The largest absolute Gasteiger partial charge is 0.495 e. The molecule has 0 bridgehead atoms. The molecule has 6 nitrogen and oxygen atoms in total. The van der Waals surface area contributed by atoms with E-state index in [1.54, 1.807) is 23.9 Å². The monoisotopic (exact) mass is 295 g/mol. The van der Waals surface area contributed by atoms with Gasteiger partial charge in [-0.3, -0.25) is 0 Å². The molecule has 0 aliphatic heterocycles. The molecule has 2 aromatic rings. The Morgan fingerprint density at radius 2 is 2.10 bits per heavy atom. The summed E-state index contributed by atoms with van der Waals surface area (Å²) in [6.45, 7) is 6.84. The van der Waals surface area contributed by atoms with E-state index in [1.165, 1.54) is 0 Å². The maximum absolute atomic E-state index is 6.13. The number of ether oxygens (including phenoxy) is 1. The molecular weight excluding hydrogens is 278 g/mol. The van der Waals surface area contributed by atoms with Crippen LogP contribution in [-0.4, -0.2) is 32.9 Å². The van der Waals surface area contributed by atoms with Crippen molar-refractivity contribution in [3.63, 3.8) is 0 Å². The quantitative estimate of drug-likeness (QED) is 0.937. The Morgan fingerprint density at radius 3 is 2.70 bits per heavy atom. The van der Waals surface area contributed by atoms with Crippen LogP contribution >= 0.6 is 11.6 Å². The Labute approximate surface area is 123 Å². The first kappa shape index (κ1) is 14.7. The molecule has 0 aliphatic rings. The van der Waals surface area contributed by atoms with Gasteiger partial charge in [0.15, 0.2) is 5.82 Å². The predicted octanol–water partition coefficient (Wildman–Crippen LogP) is 2.21. The van der Waals surface area contributed by atoms with Gasteiger partial charge in [0.2, 0.25) is 0 Å². The normalized spacial score (nSPS) is 11.7. The van der Waals surface area contributed by atoms with Crippen LogP contribution in [0.5, 0.6) is 5.75 Å². The molecule has 0 spiro atoms. The lowest BCUT2D eigenvalue weighted by Gasteiger charge is -2.19. The zero-order valence-corrected chi connectivity index (χ0v) is 12.8. The number of methoxy groups -OCH3 is 1. The molecule has 20 heavy (non-hydrogen) atoms. The lowest BCUT2D eigenvalue weighted by Crippen LogP contribution is -2.35. The number of hydrogen-bond donors (Lipinski definition) is 1. The molecule has 0 saturated heterocycles. The van der Waals surface area contributed by atoms with Crippen molar-refractivity contribution < 1.29 is 4.74 Å². The van der Waals surface area contributed by atoms with Crippen LogP contribution in [0.4, 0.5) is 0 Å². The topological polar surface area (TPSA) is 64.9 Å². The zero-order chi connectivity index (χ0) is 14.8. The van der Waals surface area contributed by atoms with Crippen molar-refractivity contribution in [2.45, 2.75) is 32.9 Å². The molecule has 0 amide bonds. The molecule has 0 unspecified atom stereocenters. The second-order valence-electron chi connectivity index (χ2n) is 5.43. The van der Waals surface area contributed by atoms with E-state index in [1.807, 2.05) is 6.07 Å². The molecular formula is C13H18ClN5O. The number of benzene rings is 1. The highest BCUT2D eigenvalue weighted by Gasteiger charge is 2.14. The van der Waals surface area contributed by atoms with Gasteiger partial charge in [0.05, 0.1) is 24.4 Å². The number of nitrogens with zero attached hydrogens (tertiary/aromatic N) is 4. The van der Waals surface area contributed by atoms with Crippen molar-refractivity contribution in [1.82, 2.24) is 25.5 Å². The van der Waals surface area contributed by atoms with Crippen molar-refractivity contribution >= 4 is 11.6 Å². The Balaban J connectivity index is 2.25. The number of rotatable bonds is 4. The summed E-state index contributed by atoms with van der Waals surface area (Å²) in [5.41, 5.74) is 0.792. The van der Waals surface area contributed by atoms with Gasteiger partial charge >= 0.3 is 0 Å². The highest BCUT2D eigenvalue weighted by molar-refractivity contribution is 6.32. The second kappa shape index (κ2) is 5.76. The maximum Gasteiger partial charge on any atom is 0.170 e. The average molecular weight is 296 g/mol. The van der Waals surface area contributed by atoms with Crippen molar-refractivity contribution in [3.05, 3.63) is 29.0 Å². The summed E-state index contributed by atoms with van der Waals surface area (Å²) in [6.07, 6.45) is 0. The van der Waals surface area contributed by atoms with Crippen LogP contribution in [0, 0.1) is 0 Å². The minimum atomic E-state index is -0.00562. The van der Waals surface area contributed by atoms with E-state index in [4.69, 9.17) is 16.3 Å². The lowest BCUT2D eigenvalue weighted by atomic mass is 10.1. The van der Waals surface area contributed by atoms with Gasteiger partial charge in [-0.2, -0.15) is 4.68 Å². The third-order valence-electron chi connectivity index (χ3n) is 2.69. The number of tetrazole rings is 1. The Kier molecular flexibility index (Phi) is 4.25. The lowest BCUT2D eigenvalue weighted by molar-refractivity contribution is 0.413. The Morgan fingerprint density at radius 1 is 1.35 bits per heavy atom. The van der Waals surface area contributed by atoms with Gasteiger partial charge in [-0.15, -0.1) is 5.10 Å². The first-order valence-corrected chi connectivity index (χ1v) is 6.65. The summed E-state index contributed by atoms with van der Waals surface area (Å²) in [4.78, 5) is 0. The minimum absolute atomic E-state index is 0.00562. The molecule has 1 aromatic carbocycles.